The van der Waals surface area contributed by atoms with Gasteiger partial charge in [0.15, 0.2) is 0 Å². The van der Waals surface area contributed by atoms with Crippen molar-refractivity contribution in [3.63, 3.8) is 0 Å². The monoisotopic (exact) mass is 368 g/mol. The first-order valence-corrected chi connectivity index (χ1v) is 8.32. The van der Waals surface area contributed by atoms with Crippen molar-refractivity contribution in [2.45, 2.75) is 20.8 Å². The highest BCUT2D eigenvalue weighted by molar-refractivity contribution is 5.94. The van der Waals surface area contributed by atoms with E-state index < -0.39 is 11.4 Å². The van der Waals surface area contributed by atoms with Gasteiger partial charge in [-0.1, -0.05) is 32.9 Å². The van der Waals surface area contributed by atoms with Gasteiger partial charge in [-0.05, 0) is 23.8 Å². The third-order valence-electron chi connectivity index (χ3n) is 4.03. The van der Waals surface area contributed by atoms with E-state index in [2.05, 4.69) is 25.0 Å². The van der Waals surface area contributed by atoms with E-state index in [1.165, 1.54) is 7.11 Å². The Labute approximate surface area is 155 Å². The van der Waals surface area contributed by atoms with Gasteiger partial charge in [-0.15, -0.1) is 0 Å². The molecule has 0 radical (unpaired) electrons. The molecule has 0 spiro atoms. The molecular formula is C19H20N4O4. The molecule has 8 heteroatoms. The van der Waals surface area contributed by atoms with Crippen LogP contribution in [0.15, 0.2) is 35.1 Å². The number of hydrogen-bond donors (Lipinski definition) is 3. The lowest BCUT2D eigenvalue weighted by atomic mass is 9.96. The SMILES string of the molecule is COC(=O)c1ccc(-c2cc3c(=O)[nH]c(NC(=O)C(C)(C)C)nc3[nH]2)cc1. The largest absolute Gasteiger partial charge is 0.465 e. The zero-order chi connectivity index (χ0) is 19.8. The van der Waals surface area contributed by atoms with Crippen molar-refractivity contribution in [3.05, 3.63) is 46.2 Å². The van der Waals surface area contributed by atoms with Crippen LogP contribution in [0.25, 0.3) is 22.3 Å². The molecule has 3 N–H and O–H groups in total. The predicted octanol–water partition coefficient (Wildman–Crippen LogP) is 2.69. The lowest BCUT2D eigenvalue weighted by Crippen LogP contribution is -2.29. The van der Waals surface area contributed by atoms with Crippen LogP contribution >= 0.6 is 0 Å². The first kappa shape index (κ1) is 18.4. The molecule has 0 fully saturated rings. The van der Waals surface area contributed by atoms with Gasteiger partial charge in [0.05, 0.1) is 18.1 Å². The fourth-order valence-corrected chi connectivity index (χ4v) is 2.43. The van der Waals surface area contributed by atoms with Gasteiger partial charge in [-0.2, -0.15) is 4.98 Å². The Morgan fingerprint density at radius 3 is 2.37 bits per heavy atom. The summed E-state index contributed by atoms with van der Waals surface area (Å²) in [5.74, 6) is -0.590. The number of amides is 1. The van der Waals surface area contributed by atoms with Crippen molar-refractivity contribution in [1.29, 1.82) is 0 Å². The van der Waals surface area contributed by atoms with Gasteiger partial charge in [-0.25, -0.2) is 4.79 Å². The molecule has 140 valence electrons. The molecule has 2 aromatic heterocycles. The number of methoxy groups -OCH3 is 1. The highest BCUT2D eigenvalue weighted by Crippen LogP contribution is 2.23. The van der Waals surface area contributed by atoms with E-state index >= 15 is 0 Å². The number of aromatic amines is 2. The number of carbonyl (C=O) groups is 2. The molecule has 0 saturated carbocycles. The normalized spacial score (nSPS) is 11.4. The summed E-state index contributed by atoms with van der Waals surface area (Å²) in [5, 5.41) is 2.98. The van der Waals surface area contributed by atoms with Gasteiger partial charge >= 0.3 is 5.97 Å². The number of carbonyl (C=O) groups excluding carboxylic acids is 2. The number of ether oxygens (including phenoxy) is 1. The molecule has 0 aliphatic rings. The molecule has 3 aromatic rings. The van der Waals surface area contributed by atoms with E-state index in [0.717, 1.165) is 5.56 Å². The molecule has 27 heavy (non-hydrogen) atoms. The summed E-state index contributed by atoms with van der Waals surface area (Å²) in [7, 11) is 1.32. The molecule has 1 amide bonds. The third kappa shape index (κ3) is 3.74. The maximum absolute atomic E-state index is 12.3. The van der Waals surface area contributed by atoms with Crippen LogP contribution in [0, 0.1) is 5.41 Å². The second kappa shape index (κ2) is 6.71. The van der Waals surface area contributed by atoms with Gasteiger partial charge in [-0.3, -0.25) is 19.9 Å². The van der Waals surface area contributed by atoms with Crippen LogP contribution in [-0.2, 0) is 9.53 Å². The number of nitrogens with one attached hydrogen (secondary N) is 3. The topological polar surface area (TPSA) is 117 Å². The van der Waals surface area contributed by atoms with Crippen molar-refractivity contribution in [2.75, 3.05) is 12.4 Å². The zero-order valence-corrected chi connectivity index (χ0v) is 15.5. The second-order valence-corrected chi connectivity index (χ2v) is 7.13. The molecule has 0 saturated heterocycles. The molecule has 0 aliphatic heterocycles. The van der Waals surface area contributed by atoms with Crippen molar-refractivity contribution in [2.24, 2.45) is 5.41 Å². The minimum atomic E-state index is -0.615. The fourth-order valence-electron chi connectivity index (χ4n) is 2.43. The quantitative estimate of drug-likeness (QED) is 0.615. The highest BCUT2D eigenvalue weighted by atomic mass is 16.5. The van der Waals surface area contributed by atoms with Crippen molar-refractivity contribution < 1.29 is 14.3 Å². The average Bonchev–Trinajstić information content (AvgIpc) is 3.05. The molecule has 3 rings (SSSR count). The third-order valence-corrected chi connectivity index (χ3v) is 4.03. The van der Waals surface area contributed by atoms with E-state index in [0.29, 0.717) is 22.3 Å². The minimum absolute atomic E-state index is 0.0851. The Balaban J connectivity index is 1.95. The Bertz CT molecular complexity index is 1070. The Kier molecular flexibility index (Phi) is 4.57. The zero-order valence-electron chi connectivity index (χ0n) is 15.5. The number of benzene rings is 1. The summed E-state index contributed by atoms with van der Waals surface area (Å²) in [5.41, 5.74) is 1.25. The van der Waals surface area contributed by atoms with E-state index in [-0.39, 0.29) is 17.4 Å². The standard InChI is InChI=1S/C19H20N4O4/c1-19(2,3)17(26)23-18-21-14-12(15(24)22-18)9-13(20-14)10-5-7-11(8-6-10)16(25)27-4/h5-9H,1-4H3,(H3,20,21,22,23,24,26). The number of nitrogens with zero attached hydrogens (tertiary/aromatic N) is 1. The highest BCUT2D eigenvalue weighted by Gasteiger charge is 2.22. The number of esters is 1. The van der Waals surface area contributed by atoms with Gasteiger partial charge < -0.3 is 9.72 Å². The van der Waals surface area contributed by atoms with Gasteiger partial charge in [0.25, 0.3) is 5.56 Å². The number of hydrogen-bond acceptors (Lipinski definition) is 5. The number of aromatic nitrogens is 3. The smallest absolute Gasteiger partial charge is 0.337 e. The molecule has 0 atom stereocenters. The van der Waals surface area contributed by atoms with Gasteiger partial charge in [0.2, 0.25) is 11.9 Å². The Morgan fingerprint density at radius 2 is 1.78 bits per heavy atom. The minimum Gasteiger partial charge on any atom is -0.465 e. The van der Waals surface area contributed by atoms with Crippen molar-refractivity contribution in [1.82, 2.24) is 15.0 Å². The summed E-state index contributed by atoms with van der Waals surface area (Å²) in [6.45, 7) is 5.30. The fraction of sp³-hybridized carbons (Fsp3) is 0.263. The summed E-state index contributed by atoms with van der Waals surface area (Å²) < 4.78 is 4.68. The maximum atomic E-state index is 12.3. The van der Waals surface area contributed by atoms with E-state index in [1.54, 1.807) is 51.1 Å². The average molecular weight is 368 g/mol. The first-order valence-electron chi connectivity index (χ1n) is 8.32. The molecule has 8 nitrogen and oxygen atoms in total. The molecule has 1 aromatic carbocycles. The number of anilines is 1. The van der Waals surface area contributed by atoms with E-state index in [1.807, 2.05) is 0 Å². The lowest BCUT2D eigenvalue weighted by Gasteiger charge is -2.16. The molecule has 0 unspecified atom stereocenters. The summed E-state index contributed by atoms with van der Waals surface area (Å²) in [6.07, 6.45) is 0. The summed E-state index contributed by atoms with van der Waals surface area (Å²) >= 11 is 0. The van der Waals surface area contributed by atoms with E-state index in [4.69, 9.17) is 0 Å². The van der Waals surface area contributed by atoms with Crippen LogP contribution in [0.1, 0.15) is 31.1 Å². The van der Waals surface area contributed by atoms with Crippen molar-refractivity contribution >= 4 is 28.9 Å². The molecular weight excluding hydrogens is 348 g/mol. The number of H-pyrrole nitrogens is 2. The molecule has 0 bridgehead atoms. The van der Waals surface area contributed by atoms with Gasteiger partial charge in [0, 0.05) is 11.1 Å². The Hall–Kier alpha value is -3.42. The molecule has 2 heterocycles. The first-order chi connectivity index (χ1) is 12.7. The molecule has 0 aliphatic carbocycles. The van der Waals surface area contributed by atoms with Crippen LogP contribution in [0.5, 0.6) is 0 Å². The van der Waals surface area contributed by atoms with Crippen LogP contribution in [0.4, 0.5) is 5.95 Å². The number of rotatable bonds is 3. The van der Waals surface area contributed by atoms with Crippen LogP contribution in [0.3, 0.4) is 0 Å². The summed E-state index contributed by atoms with van der Waals surface area (Å²) in [6, 6.07) is 8.43. The van der Waals surface area contributed by atoms with E-state index in [9.17, 15) is 14.4 Å². The van der Waals surface area contributed by atoms with Crippen molar-refractivity contribution in [3.8, 4) is 11.3 Å². The Morgan fingerprint density at radius 1 is 1.11 bits per heavy atom. The van der Waals surface area contributed by atoms with Gasteiger partial charge in [0.1, 0.15) is 5.65 Å². The van der Waals surface area contributed by atoms with Crippen LogP contribution in [0.2, 0.25) is 0 Å². The second-order valence-electron chi connectivity index (χ2n) is 7.13. The number of fused-ring (bicyclic) bond motifs is 1. The lowest BCUT2D eigenvalue weighted by molar-refractivity contribution is -0.123. The predicted molar refractivity (Wildman–Crippen MR) is 102 cm³/mol. The van der Waals surface area contributed by atoms with Crippen LogP contribution in [-0.4, -0.2) is 33.9 Å². The van der Waals surface area contributed by atoms with Crippen LogP contribution < -0.4 is 10.9 Å². The maximum Gasteiger partial charge on any atom is 0.337 e. The summed E-state index contributed by atoms with van der Waals surface area (Å²) in [4.78, 5) is 45.9.